The number of benzene rings is 1. The third kappa shape index (κ3) is 3.26. The fourth-order valence-corrected chi connectivity index (χ4v) is 1.65. The van der Waals surface area contributed by atoms with Crippen molar-refractivity contribution < 1.29 is 4.39 Å². The minimum absolute atomic E-state index is 0.163. The summed E-state index contributed by atoms with van der Waals surface area (Å²) < 4.78 is 12.5. The van der Waals surface area contributed by atoms with Gasteiger partial charge in [-0.1, -0.05) is 13.8 Å². The lowest BCUT2D eigenvalue weighted by Crippen LogP contribution is -1.89. The normalized spacial score (nSPS) is 10.7. The minimum Gasteiger partial charge on any atom is -0.207 e. The molecule has 0 amide bonds. The van der Waals surface area contributed by atoms with Gasteiger partial charge in [0.25, 0.3) is 0 Å². The van der Waals surface area contributed by atoms with Crippen LogP contribution in [0.3, 0.4) is 0 Å². The first-order valence-corrected chi connectivity index (χ1v) is 5.05. The quantitative estimate of drug-likeness (QED) is 0.647. The SMILES string of the molecule is CC(C)CSc1ccc(F)cc1. The Morgan fingerprint density at radius 3 is 2.33 bits per heavy atom. The first-order chi connectivity index (χ1) is 5.68. The Balaban J connectivity index is 2.48. The van der Waals surface area contributed by atoms with Crippen LogP contribution in [-0.2, 0) is 0 Å². The molecule has 66 valence electrons. The number of thioether (sulfide) groups is 1. The summed E-state index contributed by atoms with van der Waals surface area (Å²) in [5.74, 6) is 1.61. The molecule has 0 aliphatic carbocycles. The molecule has 0 aliphatic heterocycles. The monoisotopic (exact) mass is 184 g/mol. The lowest BCUT2D eigenvalue weighted by molar-refractivity contribution is 0.626. The van der Waals surface area contributed by atoms with Crippen molar-refractivity contribution in [1.29, 1.82) is 0 Å². The van der Waals surface area contributed by atoms with E-state index in [9.17, 15) is 4.39 Å². The molecule has 2 heteroatoms. The highest BCUT2D eigenvalue weighted by Crippen LogP contribution is 2.20. The molecular formula is C10H13FS. The fraction of sp³-hybridized carbons (Fsp3) is 0.400. The molecule has 0 radical (unpaired) electrons. The van der Waals surface area contributed by atoms with Gasteiger partial charge in [0.15, 0.2) is 0 Å². The Kier molecular flexibility index (Phi) is 3.60. The largest absolute Gasteiger partial charge is 0.207 e. The summed E-state index contributed by atoms with van der Waals surface area (Å²) in [7, 11) is 0. The van der Waals surface area contributed by atoms with Gasteiger partial charge in [0.1, 0.15) is 5.82 Å². The maximum Gasteiger partial charge on any atom is 0.123 e. The Bertz CT molecular complexity index is 228. The van der Waals surface area contributed by atoms with E-state index in [1.165, 1.54) is 12.1 Å². The molecule has 0 bridgehead atoms. The lowest BCUT2D eigenvalue weighted by Gasteiger charge is -2.03. The minimum atomic E-state index is -0.163. The first-order valence-electron chi connectivity index (χ1n) is 4.07. The van der Waals surface area contributed by atoms with Gasteiger partial charge in [-0.05, 0) is 30.2 Å². The molecule has 1 aromatic carbocycles. The van der Waals surface area contributed by atoms with Crippen molar-refractivity contribution in [2.24, 2.45) is 5.92 Å². The van der Waals surface area contributed by atoms with E-state index in [2.05, 4.69) is 13.8 Å². The molecule has 1 aromatic rings. The van der Waals surface area contributed by atoms with E-state index in [1.807, 2.05) is 12.1 Å². The Labute approximate surface area is 77.2 Å². The maximum absolute atomic E-state index is 12.5. The highest BCUT2D eigenvalue weighted by atomic mass is 32.2. The summed E-state index contributed by atoms with van der Waals surface area (Å²) in [6.07, 6.45) is 0. The zero-order chi connectivity index (χ0) is 8.97. The second kappa shape index (κ2) is 4.51. The topological polar surface area (TPSA) is 0 Å². The van der Waals surface area contributed by atoms with E-state index in [0.717, 1.165) is 10.6 Å². The molecule has 1 rings (SSSR count). The fourth-order valence-electron chi connectivity index (χ4n) is 0.794. The van der Waals surface area contributed by atoms with E-state index in [-0.39, 0.29) is 5.82 Å². The number of rotatable bonds is 3. The Morgan fingerprint density at radius 2 is 1.83 bits per heavy atom. The van der Waals surface area contributed by atoms with Crippen LogP contribution in [0.4, 0.5) is 4.39 Å². The van der Waals surface area contributed by atoms with Crippen LogP contribution in [0.5, 0.6) is 0 Å². The highest BCUT2D eigenvalue weighted by molar-refractivity contribution is 7.99. The van der Waals surface area contributed by atoms with Crippen molar-refractivity contribution in [1.82, 2.24) is 0 Å². The van der Waals surface area contributed by atoms with Crippen molar-refractivity contribution in [2.45, 2.75) is 18.7 Å². The average molecular weight is 184 g/mol. The van der Waals surface area contributed by atoms with Crippen molar-refractivity contribution in [3.63, 3.8) is 0 Å². The van der Waals surface area contributed by atoms with Crippen LogP contribution in [0.25, 0.3) is 0 Å². The molecule has 0 nitrogen and oxygen atoms in total. The predicted molar refractivity (Wildman–Crippen MR) is 52.0 cm³/mol. The Hall–Kier alpha value is -0.500. The average Bonchev–Trinajstić information content (AvgIpc) is 2.03. The molecule has 0 N–H and O–H groups in total. The molecule has 0 atom stereocenters. The van der Waals surface area contributed by atoms with Crippen molar-refractivity contribution in [3.05, 3.63) is 30.1 Å². The molecule has 0 aliphatic rings. The number of hydrogen-bond donors (Lipinski definition) is 0. The van der Waals surface area contributed by atoms with Gasteiger partial charge in [-0.15, -0.1) is 11.8 Å². The molecule has 0 saturated carbocycles. The van der Waals surface area contributed by atoms with Gasteiger partial charge in [-0.2, -0.15) is 0 Å². The standard InChI is InChI=1S/C10H13FS/c1-8(2)7-12-10-5-3-9(11)4-6-10/h3-6,8H,7H2,1-2H3. The van der Waals surface area contributed by atoms with E-state index >= 15 is 0 Å². The van der Waals surface area contributed by atoms with Crippen molar-refractivity contribution in [3.8, 4) is 0 Å². The summed E-state index contributed by atoms with van der Waals surface area (Å²) in [5, 5.41) is 0. The van der Waals surface area contributed by atoms with Crippen LogP contribution in [0.1, 0.15) is 13.8 Å². The van der Waals surface area contributed by atoms with Crippen LogP contribution in [0.15, 0.2) is 29.2 Å². The van der Waals surface area contributed by atoms with Crippen LogP contribution in [0, 0.1) is 11.7 Å². The van der Waals surface area contributed by atoms with Gasteiger partial charge in [-0.3, -0.25) is 0 Å². The molecule has 0 spiro atoms. The van der Waals surface area contributed by atoms with Crippen LogP contribution >= 0.6 is 11.8 Å². The summed E-state index contributed by atoms with van der Waals surface area (Å²) in [4.78, 5) is 1.14. The third-order valence-corrected chi connectivity index (χ3v) is 2.84. The zero-order valence-electron chi connectivity index (χ0n) is 7.38. The van der Waals surface area contributed by atoms with Crippen LogP contribution < -0.4 is 0 Å². The lowest BCUT2D eigenvalue weighted by atomic mass is 10.3. The number of hydrogen-bond acceptors (Lipinski definition) is 1. The molecular weight excluding hydrogens is 171 g/mol. The van der Waals surface area contributed by atoms with Gasteiger partial charge < -0.3 is 0 Å². The first kappa shape index (κ1) is 9.59. The molecule has 0 fully saturated rings. The van der Waals surface area contributed by atoms with Gasteiger partial charge in [0, 0.05) is 10.6 Å². The summed E-state index contributed by atoms with van der Waals surface area (Å²) in [5.41, 5.74) is 0. The zero-order valence-corrected chi connectivity index (χ0v) is 8.20. The Morgan fingerprint density at radius 1 is 1.25 bits per heavy atom. The van der Waals surface area contributed by atoms with Gasteiger partial charge >= 0.3 is 0 Å². The predicted octanol–water partition coefficient (Wildman–Crippen LogP) is 3.57. The van der Waals surface area contributed by atoms with E-state index in [0.29, 0.717) is 5.92 Å². The van der Waals surface area contributed by atoms with Gasteiger partial charge in [-0.25, -0.2) is 4.39 Å². The van der Waals surface area contributed by atoms with Gasteiger partial charge in [0.2, 0.25) is 0 Å². The van der Waals surface area contributed by atoms with Crippen molar-refractivity contribution >= 4 is 11.8 Å². The maximum atomic E-state index is 12.5. The van der Waals surface area contributed by atoms with E-state index in [4.69, 9.17) is 0 Å². The third-order valence-electron chi connectivity index (χ3n) is 1.40. The smallest absolute Gasteiger partial charge is 0.123 e. The number of halogens is 1. The van der Waals surface area contributed by atoms with Crippen LogP contribution in [0.2, 0.25) is 0 Å². The summed E-state index contributed by atoms with van der Waals surface area (Å²) in [6.45, 7) is 4.35. The van der Waals surface area contributed by atoms with Crippen LogP contribution in [-0.4, -0.2) is 5.75 Å². The highest BCUT2D eigenvalue weighted by Gasteiger charge is 1.96. The second-order valence-electron chi connectivity index (χ2n) is 3.16. The molecule has 12 heavy (non-hydrogen) atoms. The summed E-state index contributed by atoms with van der Waals surface area (Å²) in [6, 6.07) is 6.65. The van der Waals surface area contributed by atoms with Crippen molar-refractivity contribution in [2.75, 3.05) is 5.75 Å². The molecule has 0 unspecified atom stereocenters. The van der Waals surface area contributed by atoms with E-state index < -0.39 is 0 Å². The van der Waals surface area contributed by atoms with Gasteiger partial charge in [0.05, 0.1) is 0 Å². The molecule has 0 saturated heterocycles. The molecule has 0 heterocycles. The second-order valence-corrected chi connectivity index (χ2v) is 4.25. The molecule has 0 aromatic heterocycles. The van der Waals surface area contributed by atoms with E-state index in [1.54, 1.807) is 11.8 Å². The summed E-state index contributed by atoms with van der Waals surface area (Å²) >= 11 is 1.77.